The Labute approximate surface area is 207 Å². The number of ether oxygens (including phenoxy) is 3. The van der Waals surface area contributed by atoms with Crippen LogP contribution in [0.3, 0.4) is 0 Å². The number of benzene rings is 2. The number of rotatable bonds is 9. The van der Waals surface area contributed by atoms with Crippen LogP contribution in [0.25, 0.3) is 0 Å². The number of imide groups is 1. The van der Waals surface area contributed by atoms with Crippen LogP contribution in [0.1, 0.15) is 28.4 Å². The molecule has 0 saturated heterocycles. The summed E-state index contributed by atoms with van der Waals surface area (Å²) in [5.74, 6) is -1.42. The third-order valence-electron chi connectivity index (χ3n) is 4.28. The highest BCUT2D eigenvalue weighted by Gasteiger charge is 2.31. The van der Waals surface area contributed by atoms with Gasteiger partial charge in [-0.25, -0.2) is 4.79 Å². The molecule has 0 radical (unpaired) electrons. The van der Waals surface area contributed by atoms with Crippen molar-refractivity contribution in [2.45, 2.75) is 18.6 Å². The highest BCUT2D eigenvalue weighted by atomic mass is 79.9. The van der Waals surface area contributed by atoms with E-state index in [0.717, 1.165) is 0 Å². The summed E-state index contributed by atoms with van der Waals surface area (Å²) in [5, 5.41) is 12.7. The van der Waals surface area contributed by atoms with Gasteiger partial charge in [0.05, 0.1) is 16.8 Å². The fourth-order valence-electron chi connectivity index (χ4n) is 2.77. The van der Waals surface area contributed by atoms with Crippen LogP contribution in [0.5, 0.6) is 5.75 Å². The standard InChI is InChI=1S/C21H21Br2NO7S/c1-29-16(7-8-30-17(25)11-32)19(14-9-13(22)10-15(23)18(14)26)31-21(28)24-20(27)12-5-3-2-4-6-12/h2-6,9-10,16,19,26,32H,7-8,11H2,1H3,(H,24,27,28)/t16-,19-/m0/s1. The Morgan fingerprint density at radius 1 is 1.16 bits per heavy atom. The van der Waals surface area contributed by atoms with E-state index in [1.165, 1.54) is 7.11 Å². The number of phenols is 1. The molecule has 0 aliphatic heterocycles. The number of phenolic OH excluding ortho intramolecular Hbond substituents is 1. The Kier molecular flexibility index (Phi) is 10.5. The van der Waals surface area contributed by atoms with Gasteiger partial charge in [0.15, 0.2) is 6.10 Å². The van der Waals surface area contributed by atoms with Crippen LogP contribution >= 0.6 is 44.5 Å². The first-order valence-corrected chi connectivity index (χ1v) is 11.5. The molecule has 0 aliphatic carbocycles. The highest BCUT2D eigenvalue weighted by molar-refractivity contribution is 9.11. The van der Waals surface area contributed by atoms with Gasteiger partial charge in [0.25, 0.3) is 5.91 Å². The molecule has 0 spiro atoms. The fourth-order valence-corrected chi connectivity index (χ4v) is 4.12. The second kappa shape index (κ2) is 12.8. The van der Waals surface area contributed by atoms with E-state index in [1.807, 2.05) is 0 Å². The highest BCUT2D eigenvalue weighted by Crippen LogP contribution is 2.39. The van der Waals surface area contributed by atoms with Gasteiger partial charge in [-0.05, 0) is 40.2 Å². The minimum absolute atomic E-state index is 0.0295. The second-order valence-electron chi connectivity index (χ2n) is 6.41. The normalized spacial score (nSPS) is 12.5. The predicted molar refractivity (Wildman–Crippen MR) is 127 cm³/mol. The molecule has 2 aromatic carbocycles. The average Bonchev–Trinajstić information content (AvgIpc) is 2.78. The van der Waals surface area contributed by atoms with Crippen LogP contribution in [-0.2, 0) is 19.0 Å². The van der Waals surface area contributed by atoms with Gasteiger partial charge in [0.2, 0.25) is 0 Å². The molecule has 2 amide bonds. The molecule has 2 aromatic rings. The van der Waals surface area contributed by atoms with E-state index in [0.29, 0.717) is 8.95 Å². The Hall–Kier alpha value is -2.08. The maximum atomic E-state index is 12.5. The van der Waals surface area contributed by atoms with E-state index >= 15 is 0 Å². The second-order valence-corrected chi connectivity index (χ2v) is 8.50. The number of carbonyl (C=O) groups is 3. The molecule has 2 atom stereocenters. The number of carbonyl (C=O) groups excluding carboxylic acids is 3. The van der Waals surface area contributed by atoms with E-state index in [4.69, 9.17) is 14.2 Å². The third-order valence-corrected chi connectivity index (χ3v) is 5.61. The maximum Gasteiger partial charge on any atom is 0.414 e. The number of hydrogen-bond donors (Lipinski definition) is 3. The molecule has 8 nitrogen and oxygen atoms in total. The van der Waals surface area contributed by atoms with Crippen molar-refractivity contribution in [1.82, 2.24) is 5.32 Å². The van der Waals surface area contributed by atoms with Gasteiger partial charge in [0.1, 0.15) is 11.9 Å². The number of esters is 1. The SMILES string of the molecule is CO[C@@H](CCOC(=O)CS)[C@@H](OC(=O)NC(=O)c1ccccc1)c1cc(Br)cc(Br)c1O. The lowest BCUT2D eigenvalue weighted by atomic mass is 10.0. The largest absolute Gasteiger partial charge is 0.506 e. The Balaban J connectivity index is 2.26. The molecule has 0 aromatic heterocycles. The summed E-state index contributed by atoms with van der Waals surface area (Å²) in [7, 11) is 1.39. The van der Waals surface area contributed by atoms with E-state index in [1.54, 1.807) is 42.5 Å². The minimum atomic E-state index is -1.13. The number of aromatic hydroxyl groups is 1. The number of nitrogens with one attached hydrogen (secondary N) is 1. The molecule has 32 heavy (non-hydrogen) atoms. The number of amides is 2. The van der Waals surface area contributed by atoms with Crippen molar-refractivity contribution in [2.75, 3.05) is 19.5 Å². The monoisotopic (exact) mass is 589 g/mol. The fraction of sp³-hybridized carbons (Fsp3) is 0.286. The summed E-state index contributed by atoms with van der Waals surface area (Å²) in [6.07, 6.45) is -2.84. The lowest BCUT2D eigenvalue weighted by Crippen LogP contribution is -2.35. The predicted octanol–water partition coefficient (Wildman–Crippen LogP) is 4.40. The summed E-state index contributed by atoms with van der Waals surface area (Å²) >= 11 is 10.4. The van der Waals surface area contributed by atoms with Crippen LogP contribution in [0.4, 0.5) is 4.79 Å². The molecule has 0 heterocycles. The molecule has 0 saturated carbocycles. The minimum Gasteiger partial charge on any atom is -0.506 e. The Morgan fingerprint density at radius 3 is 2.47 bits per heavy atom. The van der Waals surface area contributed by atoms with Crippen molar-refractivity contribution < 1.29 is 33.7 Å². The number of hydrogen-bond acceptors (Lipinski definition) is 8. The molecule has 2 N–H and O–H groups in total. The summed E-state index contributed by atoms with van der Waals surface area (Å²) < 4.78 is 17.0. The van der Waals surface area contributed by atoms with E-state index in [2.05, 4.69) is 49.8 Å². The molecule has 0 bridgehead atoms. The van der Waals surface area contributed by atoms with Gasteiger partial charge in [-0.15, -0.1) is 0 Å². The van der Waals surface area contributed by atoms with Crippen LogP contribution in [0.15, 0.2) is 51.4 Å². The molecule has 11 heteroatoms. The van der Waals surface area contributed by atoms with E-state index in [-0.39, 0.29) is 35.7 Å². The molecule has 0 unspecified atom stereocenters. The molecule has 2 rings (SSSR count). The number of alkyl carbamates (subject to hydrolysis) is 1. The van der Waals surface area contributed by atoms with Crippen molar-refractivity contribution in [1.29, 1.82) is 0 Å². The maximum absolute atomic E-state index is 12.5. The summed E-state index contributed by atoms with van der Waals surface area (Å²) in [4.78, 5) is 36.2. The zero-order chi connectivity index (χ0) is 23.7. The number of halogens is 2. The van der Waals surface area contributed by atoms with Gasteiger partial charge >= 0.3 is 12.1 Å². The van der Waals surface area contributed by atoms with Crippen molar-refractivity contribution in [3.8, 4) is 5.75 Å². The molecular formula is C21H21Br2NO7S. The number of thiol groups is 1. The average molecular weight is 591 g/mol. The smallest absolute Gasteiger partial charge is 0.414 e. The first-order chi connectivity index (χ1) is 15.3. The zero-order valence-electron chi connectivity index (χ0n) is 16.9. The Morgan fingerprint density at radius 2 is 1.84 bits per heavy atom. The van der Waals surface area contributed by atoms with Gasteiger partial charge in [0, 0.05) is 29.1 Å². The Bertz CT molecular complexity index is 959. The lowest BCUT2D eigenvalue weighted by molar-refractivity contribution is -0.141. The first kappa shape index (κ1) is 26.2. The van der Waals surface area contributed by atoms with Crippen LogP contribution in [0.2, 0.25) is 0 Å². The van der Waals surface area contributed by atoms with Crippen molar-refractivity contribution in [2.24, 2.45) is 0 Å². The van der Waals surface area contributed by atoms with Crippen LogP contribution in [-0.4, -0.2) is 48.6 Å². The van der Waals surface area contributed by atoms with Crippen LogP contribution in [0, 0.1) is 0 Å². The summed E-state index contributed by atoms with van der Waals surface area (Å²) in [6, 6.07) is 11.3. The molecule has 0 fully saturated rings. The van der Waals surface area contributed by atoms with Gasteiger partial charge in [-0.1, -0.05) is 34.1 Å². The van der Waals surface area contributed by atoms with E-state index < -0.39 is 30.2 Å². The molecule has 172 valence electrons. The van der Waals surface area contributed by atoms with Gasteiger partial charge < -0.3 is 19.3 Å². The van der Waals surface area contributed by atoms with Gasteiger partial charge in [-0.2, -0.15) is 12.6 Å². The third kappa shape index (κ3) is 7.51. The zero-order valence-corrected chi connectivity index (χ0v) is 21.0. The number of methoxy groups -OCH3 is 1. The molecule has 0 aliphatic rings. The topological polar surface area (TPSA) is 111 Å². The van der Waals surface area contributed by atoms with Crippen molar-refractivity contribution >= 4 is 62.5 Å². The quantitative estimate of drug-likeness (QED) is 0.293. The van der Waals surface area contributed by atoms with E-state index in [9.17, 15) is 19.5 Å². The van der Waals surface area contributed by atoms with Crippen molar-refractivity contribution in [3.63, 3.8) is 0 Å². The summed E-state index contributed by atoms with van der Waals surface area (Å²) in [6.45, 7) is -0.0295. The van der Waals surface area contributed by atoms with Crippen molar-refractivity contribution in [3.05, 3.63) is 62.5 Å². The first-order valence-electron chi connectivity index (χ1n) is 9.31. The molecular weight excluding hydrogens is 570 g/mol. The lowest BCUT2D eigenvalue weighted by Gasteiger charge is -2.27. The van der Waals surface area contributed by atoms with Gasteiger partial charge in [-0.3, -0.25) is 14.9 Å². The summed E-state index contributed by atoms with van der Waals surface area (Å²) in [5.41, 5.74) is 0.497. The van der Waals surface area contributed by atoms with Crippen LogP contribution < -0.4 is 5.32 Å².